The van der Waals surface area contributed by atoms with E-state index < -0.39 is 10.0 Å². The molecule has 0 bridgehead atoms. The lowest BCUT2D eigenvalue weighted by atomic mass is 9.96. The second-order valence-electron chi connectivity index (χ2n) is 5.17. The molecule has 0 saturated carbocycles. The zero-order valence-electron chi connectivity index (χ0n) is 11.1. The molecule has 20 heavy (non-hydrogen) atoms. The number of sulfonamides is 1. The second-order valence-corrected chi connectivity index (χ2v) is 8.17. The highest BCUT2D eigenvalue weighted by molar-refractivity contribution is 7.94. The molecule has 0 saturated heterocycles. The van der Waals surface area contributed by atoms with Crippen molar-refractivity contribution in [2.75, 3.05) is 16.6 Å². The van der Waals surface area contributed by atoms with Crippen LogP contribution < -0.4 is 10.0 Å². The Hall–Kier alpha value is -1.53. The number of benzene rings is 1. The standard InChI is InChI=1S/C14H16N2O2S2/c1-10-6-11-4-2-3-5-13(11)16(8-10)20(17,18)14-7-12(15)9-19-14/h2-5,7,9-10H,6,8,15H2,1H3. The molecular formula is C14H16N2O2S2. The zero-order chi connectivity index (χ0) is 14.3. The summed E-state index contributed by atoms with van der Waals surface area (Å²) in [6, 6.07) is 9.22. The van der Waals surface area contributed by atoms with Crippen LogP contribution in [0.25, 0.3) is 0 Å². The van der Waals surface area contributed by atoms with Gasteiger partial charge in [-0.2, -0.15) is 0 Å². The number of nitrogen functional groups attached to an aromatic ring is 1. The van der Waals surface area contributed by atoms with Crippen LogP contribution in [0.5, 0.6) is 0 Å². The van der Waals surface area contributed by atoms with Gasteiger partial charge < -0.3 is 5.73 Å². The quantitative estimate of drug-likeness (QED) is 0.928. The van der Waals surface area contributed by atoms with Gasteiger partial charge in [-0.1, -0.05) is 25.1 Å². The molecule has 1 aromatic heterocycles. The zero-order valence-corrected chi connectivity index (χ0v) is 12.7. The summed E-state index contributed by atoms with van der Waals surface area (Å²) in [6.45, 7) is 2.58. The molecule has 2 aromatic rings. The molecule has 2 heterocycles. The molecule has 0 fully saturated rings. The van der Waals surface area contributed by atoms with Gasteiger partial charge in [0.2, 0.25) is 0 Å². The third kappa shape index (κ3) is 2.19. The summed E-state index contributed by atoms with van der Waals surface area (Å²) < 4.78 is 27.4. The van der Waals surface area contributed by atoms with E-state index in [0.29, 0.717) is 22.4 Å². The van der Waals surface area contributed by atoms with Crippen LogP contribution in [0.3, 0.4) is 0 Å². The summed E-state index contributed by atoms with van der Waals surface area (Å²) in [4.78, 5) is 0. The summed E-state index contributed by atoms with van der Waals surface area (Å²) in [5.74, 6) is 0.303. The van der Waals surface area contributed by atoms with E-state index in [1.165, 1.54) is 21.7 Å². The molecule has 106 valence electrons. The van der Waals surface area contributed by atoms with Gasteiger partial charge in [0, 0.05) is 17.6 Å². The molecular weight excluding hydrogens is 292 g/mol. The van der Waals surface area contributed by atoms with Crippen molar-refractivity contribution < 1.29 is 8.42 Å². The van der Waals surface area contributed by atoms with E-state index in [2.05, 4.69) is 6.92 Å². The van der Waals surface area contributed by atoms with Crippen LogP contribution in [0, 0.1) is 5.92 Å². The first-order valence-corrected chi connectivity index (χ1v) is 8.75. The van der Waals surface area contributed by atoms with E-state index in [0.717, 1.165) is 17.7 Å². The molecule has 1 aromatic carbocycles. The SMILES string of the molecule is CC1Cc2ccccc2N(S(=O)(=O)c2cc(N)cs2)C1. The molecule has 1 aliphatic rings. The Kier molecular flexibility index (Phi) is 3.22. The van der Waals surface area contributed by atoms with E-state index in [1.807, 2.05) is 24.3 Å². The van der Waals surface area contributed by atoms with Gasteiger partial charge in [-0.15, -0.1) is 11.3 Å². The molecule has 4 nitrogen and oxygen atoms in total. The number of rotatable bonds is 2. The van der Waals surface area contributed by atoms with Crippen LogP contribution in [0.4, 0.5) is 11.4 Å². The molecule has 0 radical (unpaired) electrons. The first-order chi connectivity index (χ1) is 9.48. The normalized spacial score (nSPS) is 18.9. The van der Waals surface area contributed by atoms with Crippen molar-refractivity contribution in [3.8, 4) is 0 Å². The predicted molar refractivity (Wildman–Crippen MR) is 82.6 cm³/mol. The van der Waals surface area contributed by atoms with Crippen LogP contribution >= 0.6 is 11.3 Å². The fourth-order valence-electron chi connectivity index (χ4n) is 2.55. The predicted octanol–water partition coefficient (Wildman–Crippen LogP) is 2.72. The molecule has 2 N–H and O–H groups in total. The van der Waals surface area contributed by atoms with E-state index in [-0.39, 0.29) is 0 Å². The third-order valence-corrected chi connectivity index (χ3v) is 6.66. The van der Waals surface area contributed by atoms with Gasteiger partial charge in [0.1, 0.15) is 4.21 Å². The van der Waals surface area contributed by atoms with Gasteiger partial charge in [0.15, 0.2) is 0 Å². The Balaban J connectivity index is 2.10. The van der Waals surface area contributed by atoms with Crippen molar-refractivity contribution in [2.45, 2.75) is 17.6 Å². The monoisotopic (exact) mass is 308 g/mol. The maximum absolute atomic E-state index is 12.8. The highest BCUT2D eigenvalue weighted by Crippen LogP contribution is 2.35. The molecule has 1 aliphatic heterocycles. The Morgan fingerprint density at radius 1 is 1.35 bits per heavy atom. The summed E-state index contributed by atoms with van der Waals surface area (Å²) in [5, 5.41) is 1.66. The summed E-state index contributed by atoms with van der Waals surface area (Å²) >= 11 is 1.17. The van der Waals surface area contributed by atoms with Gasteiger partial charge >= 0.3 is 0 Å². The van der Waals surface area contributed by atoms with Gasteiger partial charge in [0.25, 0.3) is 10.0 Å². The number of nitrogens with zero attached hydrogens (tertiary/aromatic N) is 1. The molecule has 0 spiro atoms. The van der Waals surface area contributed by atoms with E-state index >= 15 is 0 Å². The number of hydrogen-bond donors (Lipinski definition) is 1. The molecule has 0 amide bonds. The molecule has 1 unspecified atom stereocenters. The first kappa shape index (κ1) is 13.5. The van der Waals surface area contributed by atoms with Crippen molar-refractivity contribution >= 4 is 32.7 Å². The lowest BCUT2D eigenvalue weighted by molar-refractivity contribution is 0.546. The number of anilines is 2. The lowest BCUT2D eigenvalue weighted by Crippen LogP contribution is -2.38. The van der Waals surface area contributed by atoms with Crippen LogP contribution in [0.15, 0.2) is 39.9 Å². The summed E-state index contributed by atoms with van der Waals surface area (Å²) in [7, 11) is -3.52. The number of hydrogen-bond acceptors (Lipinski definition) is 4. The van der Waals surface area contributed by atoms with Gasteiger partial charge in [-0.3, -0.25) is 4.31 Å². The minimum Gasteiger partial charge on any atom is -0.398 e. The number of nitrogens with two attached hydrogens (primary N) is 1. The second kappa shape index (κ2) is 4.79. The van der Waals surface area contributed by atoms with Crippen LogP contribution in [0.1, 0.15) is 12.5 Å². The topological polar surface area (TPSA) is 63.4 Å². The largest absolute Gasteiger partial charge is 0.398 e. The van der Waals surface area contributed by atoms with E-state index in [4.69, 9.17) is 5.73 Å². The molecule has 6 heteroatoms. The maximum Gasteiger partial charge on any atom is 0.273 e. The van der Waals surface area contributed by atoms with Crippen LogP contribution in [-0.2, 0) is 16.4 Å². The highest BCUT2D eigenvalue weighted by atomic mass is 32.2. The maximum atomic E-state index is 12.8. The average molecular weight is 308 g/mol. The van der Waals surface area contributed by atoms with Crippen molar-refractivity contribution in [1.29, 1.82) is 0 Å². The number of para-hydroxylation sites is 1. The van der Waals surface area contributed by atoms with Crippen LogP contribution in [-0.4, -0.2) is 15.0 Å². The van der Waals surface area contributed by atoms with Gasteiger partial charge in [-0.25, -0.2) is 8.42 Å². The Morgan fingerprint density at radius 3 is 2.80 bits per heavy atom. The fraction of sp³-hybridized carbons (Fsp3) is 0.286. The van der Waals surface area contributed by atoms with Crippen molar-refractivity contribution in [3.63, 3.8) is 0 Å². The third-order valence-electron chi connectivity index (χ3n) is 3.45. The van der Waals surface area contributed by atoms with Gasteiger partial charge in [-0.05, 0) is 30.0 Å². The Bertz CT molecular complexity index is 737. The van der Waals surface area contributed by atoms with Crippen molar-refractivity contribution in [2.24, 2.45) is 5.92 Å². The molecule has 1 atom stereocenters. The van der Waals surface area contributed by atoms with Gasteiger partial charge in [0.05, 0.1) is 5.69 Å². The minimum absolute atomic E-state index is 0.303. The highest BCUT2D eigenvalue weighted by Gasteiger charge is 2.32. The average Bonchev–Trinajstić information content (AvgIpc) is 2.85. The van der Waals surface area contributed by atoms with Crippen molar-refractivity contribution in [1.82, 2.24) is 0 Å². The van der Waals surface area contributed by atoms with Crippen molar-refractivity contribution in [3.05, 3.63) is 41.3 Å². The Morgan fingerprint density at radius 2 is 2.10 bits per heavy atom. The summed E-state index contributed by atoms with van der Waals surface area (Å²) in [6.07, 6.45) is 0.911. The molecule has 3 rings (SSSR count). The first-order valence-electron chi connectivity index (χ1n) is 6.43. The lowest BCUT2D eigenvalue weighted by Gasteiger charge is -2.33. The fourth-order valence-corrected chi connectivity index (χ4v) is 5.36. The Labute approximate surface area is 122 Å². The van der Waals surface area contributed by atoms with Crippen LogP contribution in [0.2, 0.25) is 0 Å². The smallest absolute Gasteiger partial charge is 0.273 e. The summed E-state index contributed by atoms with van der Waals surface area (Å²) in [5.41, 5.74) is 8.02. The number of fused-ring (bicyclic) bond motifs is 1. The molecule has 0 aliphatic carbocycles. The number of thiophene rings is 1. The minimum atomic E-state index is -3.52. The van der Waals surface area contributed by atoms with E-state index in [1.54, 1.807) is 5.38 Å². The van der Waals surface area contributed by atoms with E-state index in [9.17, 15) is 8.42 Å².